The van der Waals surface area contributed by atoms with Gasteiger partial charge >= 0.3 is 0 Å². The van der Waals surface area contributed by atoms with Gasteiger partial charge in [-0.3, -0.25) is 0 Å². The second-order valence-corrected chi connectivity index (χ2v) is 6.91. The minimum absolute atomic E-state index is 0.614. The average Bonchev–Trinajstić information content (AvgIpc) is 3.17. The van der Waals surface area contributed by atoms with Gasteiger partial charge in [-0.25, -0.2) is 9.97 Å². The van der Waals surface area contributed by atoms with E-state index in [1.807, 2.05) is 12.4 Å². The Morgan fingerprint density at radius 1 is 0.818 bits per heavy atom. The molecule has 2 aliphatic heterocycles. The lowest BCUT2D eigenvalue weighted by atomic mass is 10.2. The number of nitrogens with zero attached hydrogens (tertiary/aromatic N) is 6. The van der Waals surface area contributed by atoms with E-state index in [-0.39, 0.29) is 0 Å². The van der Waals surface area contributed by atoms with Gasteiger partial charge in [0, 0.05) is 50.7 Å². The summed E-state index contributed by atoms with van der Waals surface area (Å²) in [5.41, 5.74) is 0. The third-order valence-corrected chi connectivity index (χ3v) is 5.05. The smallest absolute Gasteiger partial charge is 0.172 e. The molecule has 3 rings (SSSR count). The lowest BCUT2D eigenvalue weighted by Gasteiger charge is -2.26. The molecule has 22 heavy (non-hydrogen) atoms. The molecule has 2 atom stereocenters. The number of likely N-dealkylation sites (N-methyl/N-ethyl adjacent to an activating group) is 2. The molecule has 0 N–H and O–H groups in total. The SMILES string of the molecule is CN(C)C1CCN(c2nccnc2N2CCC(N(C)C)C2)C1. The molecular formula is C16H28N6. The van der Waals surface area contributed by atoms with Crippen LogP contribution in [0.5, 0.6) is 0 Å². The van der Waals surface area contributed by atoms with Crippen LogP contribution in [0.15, 0.2) is 12.4 Å². The first-order valence-electron chi connectivity index (χ1n) is 8.20. The highest BCUT2D eigenvalue weighted by atomic mass is 15.3. The summed E-state index contributed by atoms with van der Waals surface area (Å²) < 4.78 is 0. The Labute approximate surface area is 133 Å². The highest BCUT2D eigenvalue weighted by Gasteiger charge is 2.31. The molecule has 2 fully saturated rings. The van der Waals surface area contributed by atoms with Crippen molar-refractivity contribution >= 4 is 11.6 Å². The van der Waals surface area contributed by atoms with Crippen LogP contribution in [-0.4, -0.2) is 86.2 Å². The first kappa shape index (κ1) is 15.5. The highest BCUT2D eigenvalue weighted by molar-refractivity contribution is 5.63. The monoisotopic (exact) mass is 304 g/mol. The van der Waals surface area contributed by atoms with Gasteiger partial charge in [0.1, 0.15) is 0 Å². The summed E-state index contributed by atoms with van der Waals surface area (Å²) in [5.74, 6) is 2.12. The molecule has 1 aromatic heterocycles. The van der Waals surface area contributed by atoms with E-state index < -0.39 is 0 Å². The van der Waals surface area contributed by atoms with Crippen LogP contribution in [0.25, 0.3) is 0 Å². The molecule has 122 valence electrons. The number of rotatable bonds is 4. The van der Waals surface area contributed by atoms with Gasteiger partial charge in [0.2, 0.25) is 0 Å². The Bertz CT molecular complexity index is 458. The summed E-state index contributed by atoms with van der Waals surface area (Å²) in [7, 11) is 8.64. The number of aromatic nitrogens is 2. The van der Waals surface area contributed by atoms with Gasteiger partial charge in [-0.2, -0.15) is 0 Å². The molecule has 6 nitrogen and oxygen atoms in total. The molecule has 0 saturated carbocycles. The molecule has 3 heterocycles. The molecule has 0 spiro atoms. The predicted octanol–water partition coefficient (Wildman–Crippen LogP) is 0.757. The number of anilines is 2. The number of hydrogen-bond acceptors (Lipinski definition) is 6. The van der Waals surface area contributed by atoms with E-state index in [0.29, 0.717) is 12.1 Å². The van der Waals surface area contributed by atoms with Crippen molar-refractivity contribution in [2.45, 2.75) is 24.9 Å². The van der Waals surface area contributed by atoms with Crippen LogP contribution in [0.3, 0.4) is 0 Å². The highest BCUT2D eigenvalue weighted by Crippen LogP contribution is 2.30. The van der Waals surface area contributed by atoms with E-state index in [9.17, 15) is 0 Å². The van der Waals surface area contributed by atoms with Gasteiger partial charge in [-0.1, -0.05) is 0 Å². The normalized spacial score (nSPS) is 25.7. The minimum Gasteiger partial charge on any atom is -0.352 e. The maximum atomic E-state index is 4.66. The van der Waals surface area contributed by atoms with Gasteiger partial charge < -0.3 is 19.6 Å². The Morgan fingerprint density at radius 3 is 1.55 bits per heavy atom. The largest absolute Gasteiger partial charge is 0.352 e. The second kappa shape index (κ2) is 6.38. The Balaban J connectivity index is 1.77. The molecule has 0 aliphatic carbocycles. The first-order chi connectivity index (χ1) is 10.6. The van der Waals surface area contributed by atoms with Crippen molar-refractivity contribution in [3.05, 3.63) is 12.4 Å². The summed E-state index contributed by atoms with van der Waals surface area (Å²) in [4.78, 5) is 18.7. The van der Waals surface area contributed by atoms with Crippen LogP contribution in [0.4, 0.5) is 11.6 Å². The van der Waals surface area contributed by atoms with Gasteiger partial charge in [0.25, 0.3) is 0 Å². The van der Waals surface area contributed by atoms with Crippen molar-refractivity contribution < 1.29 is 0 Å². The summed E-state index contributed by atoms with van der Waals surface area (Å²) >= 11 is 0. The molecule has 1 aromatic rings. The van der Waals surface area contributed by atoms with Crippen LogP contribution < -0.4 is 9.80 Å². The van der Waals surface area contributed by atoms with Crippen LogP contribution >= 0.6 is 0 Å². The van der Waals surface area contributed by atoms with Gasteiger partial charge in [-0.05, 0) is 41.0 Å². The molecule has 2 aliphatic rings. The van der Waals surface area contributed by atoms with E-state index in [2.05, 4.69) is 57.8 Å². The molecular weight excluding hydrogens is 276 g/mol. The van der Waals surface area contributed by atoms with E-state index in [1.54, 1.807) is 0 Å². The zero-order chi connectivity index (χ0) is 15.7. The Hall–Kier alpha value is -1.40. The molecule has 0 bridgehead atoms. The van der Waals surface area contributed by atoms with Crippen LogP contribution in [0, 0.1) is 0 Å². The van der Waals surface area contributed by atoms with Crippen molar-refractivity contribution in [1.82, 2.24) is 19.8 Å². The lowest BCUT2D eigenvalue weighted by Crippen LogP contribution is -2.34. The standard InChI is InChI=1S/C16H28N6/c1-19(2)13-5-9-21(11-13)15-16(18-8-7-17-15)22-10-6-14(12-22)20(3)4/h7-8,13-14H,5-6,9-12H2,1-4H3. The molecule has 0 radical (unpaired) electrons. The first-order valence-corrected chi connectivity index (χ1v) is 8.20. The van der Waals surface area contributed by atoms with E-state index in [0.717, 1.165) is 37.8 Å². The maximum Gasteiger partial charge on any atom is 0.172 e. The maximum absolute atomic E-state index is 4.66. The van der Waals surface area contributed by atoms with Crippen LogP contribution in [-0.2, 0) is 0 Å². The van der Waals surface area contributed by atoms with Crippen molar-refractivity contribution in [1.29, 1.82) is 0 Å². The Morgan fingerprint density at radius 2 is 1.23 bits per heavy atom. The topological polar surface area (TPSA) is 38.7 Å². The fourth-order valence-electron chi connectivity index (χ4n) is 3.48. The van der Waals surface area contributed by atoms with Crippen LogP contribution in [0.1, 0.15) is 12.8 Å². The third kappa shape index (κ3) is 3.03. The minimum atomic E-state index is 0.614. The van der Waals surface area contributed by atoms with Crippen molar-refractivity contribution in [2.24, 2.45) is 0 Å². The lowest BCUT2D eigenvalue weighted by molar-refractivity contribution is 0.315. The zero-order valence-corrected chi connectivity index (χ0v) is 14.2. The third-order valence-electron chi connectivity index (χ3n) is 5.05. The van der Waals surface area contributed by atoms with Crippen molar-refractivity contribution in [3.8, 4) is 0 Å². The molecule has 2 saturated heterocycles. The van der Waals surface area contributed by atoms with E-state index in [1.165, 1.54) is 12.8 Å². The second-order valence-electron chi connectivity index (χ2n) is 6.91. The Kier molecular flexibility index (Phi) is 4.49. The van der Waals surface area contributed by atoms with Crippen molar-refractivity contribution in [3.63, 3.8) is 0 Å². The molecule has 0 aromatic carbocycles. The fraction of sp³-hybridized carbons (Fsp3) is 0.750. The van der Waals surface area contributed by atoms with Gasteiger partial charge in [0.05, 0.1) is 0 Å². The average molecular weight is 304 g/mol. The summed E-state index contributed by atoms with van der Waals surface area (Å²) in [6.07, 6.45) is 6.04. The quantitative estimate of drug-likeness (QED) is 0.818. The summed E-state index contributed by atoms with van der Waals surface area (Å²) in [6.45, 7) is 4.23. The molecule has 0 amide bonds. The molecule has 6 heteroatoms. The number of hydrogen-bond donors (Lipinski definition) is 0. The van der Waals surface area contributed by atoms with Crippen LogP contribution in [0.2, 0.25) is 0 Å². The summed E-state index contributed by atoms with van der Waals surface area (Å²) in [5, 5.41) is 0. The molecule has 2 unspecified atom stereocenters. The predicted molar refractivity (Wildman–Crippen MR) is 90.6 cm³/mol. The van der Waals surface area contributed by atoms with E-state index >= 15 is 0 Å². The van der Waals surface area contributed by atoms with E-state index in [4.69, 9.17) is 0 Å². The summed E-state index contributed by atoms with van der Waals surface area (Å²) in [6, 6.07) is 1.23. The van der Waals surface area contributed by atoms with Gasteiger partial charge in [0.15, 0.2) is 11.6 Å². The van der Waals surface area contributed by atoms with Gasteiger partial charge in [-0.15, -0.1) is 0 Å². The zero-order valence-electron chi connectivity index (χ0n) is 14.2. The van der Waals surface area contributed by atoms with Crippen molar-refractivity contribution in [2.75, 3.05) is 64.2 Å². The fourth-order valence-corrected chi connectivity index (χ4v) is 3.48.